The fraction of sp³-hybridized carbons (Fsp3) is 0.571. The highest BCUT2D eigenvalue weighted by Gasteiger charge is 1.99. The van der Waals surface area contributed by atoms with Crippen LogP contribution in [-0.2, 0) is 11.3 Å². The van der Waals surface area contributed by atoms with E-state index in [1.165, 1.54) is 6.07 Å². The predicted molar refractivity (Wildman–Crippen MR) is 70.0 cm³/mol. The van der Waals surface area contributed by atoms with Gasteiger partial charge in [-0.05, 0) is 36.6 Å². The molecule has 2 N–H and O–H groups in total. The topological polar surface area (TPSA) is 41.5 Å². The van der Waals surface area contributed by atoms with Crippen molar-refractivity contribution >= 4 is 0 Å². The zero-order valence-corrected chi connectivity index (χ0v) is 11.1. The lowest BCUT2D eigenvalue weighted by atomic mass is 10.2. The molecule has 0 saturated carbocycles. The molecule has 0 saturated heterocycles. The third-order valence-corrected chi connectivity index (χ3v) is 2.36. The molecule has 3 nitrogen and oxygen atoms in total. The van der Waals surface area contributed by atoms with E-state index >= 15 is 0 Å². The van der Waals surface area contributed by atoms with Gasteiger partial charge in [-0.1, -0.05) is 13.8 Å². The molecule has 0 amide bonds. The van der Waals surface area contributed by atoms with E-state index in [1.807, 2.05) is 0 Å². The van der Waals surface area contributed by atoms with Gasteiger partial charge in [0.25, 0.3) is 0 Å². The molecule has 0 atom stereocenters. The van der Waals surface area contributed by atoms with E-state index in [0.717, 1.165) is 37.8 Å². The summed E-state index contributed by atoms with van der Waals surface area (Å²) in [5, 5.41) is 12.4. The van der Waals surface area contributed by atoms with Gasteiger partial charge in [-0.25, -0.2) is 4.39 Å². The predicted octanol–water partition coefficient (Wildman–Crippen LogP) is 2.68. The van der Waals surface area contributed by atoms with Crippen molar-refractivity contribution in [1.29, 1.82) is 0 Å². The van der Waals surface area contributed by atoms with Crippen molar-refractivity contribution in [2.24, 2.45) is 5.92 Å². The molecule has 0 aromatic heterocycles. The fourth-order valence-corrected chi connectivity index (χ4v) is 1.59. The highest BCUT2D eigenvalue weighted by atomic mass is 19.1. The van der Waals surface area contributed by atoms with Gasteiger partial charge < -0.3 is 15.2 Å². The van der Waals surface area contributed by atoms with Gasteiger partial charge in [-0.2, -0.15) is 0 Å². The van der Waals surface area contributed by atoms with Crippen LogP contribution in [0.1, 0.15) is 25.8 Å². The zero-order valence-electron chi connectivity index (χ0n) is 11.1. The number of hydrogen-bond donors (Lipinski definition) is 2. The smallest absolute Gasteiger partial charge is 0.127 e. The van der Waals surface area contributed by atoms with Crippen molar-refractivity contribution in [2.45, 2.75) is 26.8 Å². The average Bonchev–Trinajstić information content (AvgIpc) is 2.26. The second kappa shape index (κ2) is 8.06. The Balaban J connectivity index is 2.10. The molecule has 0 heterocycles. The summed E-state index contributed by atoms with van der Waals surface area (Å²) in [6, 6.07) is 4.08. The van der Waals surface area contributed by atoms with Crippen LogP contribution in [0.25, 0.3) is 0 Å². The van der Waals surface area contributed by atoms with Crippen LogP contribution in [0.5, 0.6) is 5.75 Å². The largest absolute Gasteiger partial charge is 0.508 e. The van der Waals surface area contributed by atoms with Crippen molar-refractivity contribution in [3.63, 3.8) is 0 Å². The first-order valence-corrected chi connectivity index (χ1v) is 6.35. The SMILES string of the molecule is CC(C)COCCCNCc1cc(O)cc(F)c1. The summed E-state index contributed by atoms with van der Waals surface area (Å²) in [6.07, 6.45) is 0.925. The number of hydrogen-bond acceptors (Lipinski definition) is 3. The number of nitrogens with one attached hydrogen (secondary N) is 1. The van der Waals surface area contributed by atoms with Gasteiger partial charge in [0.15, 0.2) is 0 Å². The number of phenolic OH excluding ortho intramolecular Hbond substituents is 1. The monoisotopic (exact) mass is 255 g/mol. The molecular formula is C14H22FNO2. The Morgan fingerprint density at radius 1 is 1.33 bits per heavy atom. The highest BCUT2D eigenvalue weighted by molar-refractivity contribution is 5.28. The van der Waals surface area contributed by atoms with E-state index in [9.17, 15) is 9.50 Å². The third kappa shape index (κ3) is 6.57. The van der Waals surface area contributed by atoms with Gasteiger partial charge in [0, 0.05) is 25.8 Å². The second-order valence-electron chi connectivity index (χ2n) is 4.82. The van der Waals surface area contributed by atoms with Gasteiger partial charge in [-0.3, -0.25) is 0 Å². The number of rotatable bonds is 8. The maximum absolute atomic E-state index is 13.0. The maximum Gasteiger partial charge on any atom is 0.127 e. The van der Waals surface area contributed by atoms with E-state index in [0.29, 0.717) is 12.5 Å². The van der Waals surface area contributed by atoms with Crippen LogP contribution in [0.15, 0.2) is 18.2 Å². The van der Waals surface area contributed by atoms with Gasteiger partial charge in [0.1, 0.15) is 11.6 Å². The lowest BCUT2D eigenvalue weighted by molar-refractivity contribution is 0.108. The summed E-state index contributed by atoms with van der Waals surface area (Å²) in [6.45, 7) is 7.13. The standard InChI is InChI=1S/C14H22FNO2/c1-11(2)10-18-5-3-4-16-9-12-6-13(15)8-14(17)7-12/h6-8,11,16-17H,3-5,9-10H2,1-2H3. The van der Waals surface area contributed by atoms with Crippen molar-refractivity contribution < 1.29 is 14.2 Å². The number of aromatic hydroxyl groups is 1. The Bertz CT molecular complexity index is 335. The lowest BCUT2D eigenvalue weighted by Gasteiger charge is -2.08. The van der Waals surface area contributed by atoms with Crippen LogP contribution >= 0.6 is 0 Å². The first kappa shape index (κ1) is 14.9. The van der Waals surface area contributed by atoms with Gasteiger partial charge >= 0.3 is 0 Å². The molecule has 1 aromatic rings. The fourth-order valence-electron chi connectivity index (χ4n) is 1.59. The Hall–Kier alpha value is -1.13. The Morgan fingerprint density at radius 3 is 2.78 bits per heavy atom. The van der Waals surface area contributed by atoms with Crippen LogP contribution in [0.4, 0.5) is 4.39 Å². The Morgan fingerprint density at radius 2 is 2.11 bits per heavy atom. The van der Waals surface area contributed by atoms with Crippen LogP contribution in [0, 0.1) is 11.7 Å². The van der Waals surface area contributed by atoms with Crippen molar-refractivity contribution in [3.8, 4) is 5.75 Å². The Labute approximate surface area is 108 Å². The van der Waals surface area contributed by atoms with Gasteiger partial charge in [0.2, 0.25) is 0 Å². The van der Waals surface area contributed by atoms with Gasteiger partial charge in [-0.15, -0.1) is 0 Å². The molecule has 0 aliphatic rings. The number of halogens is 1. The van der Waals surface area contributed by atoms with E-state index in [1.54, 1.807) is 6.07 Å². The molecular weight excluding hydrogens is 233 g/mol. The molecule has 0 aliphatic heterocycles. The molecule has 0 aliphatic carbocycles. The summed E-state index contributed by atoms with van der Waals surface area (Å²) in [7, 11) is 0. The van der Waals surface area contributed by atoms with E-state index in [2.05, 4.69) is 19.2 Å². The summed E-state index contributed by atoms with van der Waals surface area (Å²) >= 11 is 0. The van der Waals surface area contributed by atoms with Gasteiger partial charge in [0.05, 0.1) is 0 Å². The van der Waals surface area contributed by atoms with Crippen molar-refractivity contribution in [2.75, 3.05) is 19.8 Å². The molecule has 0 bridgehead atoms. The quantitative estimate of drug-likeness (QED) is 0.702. The molecule has 0 spiro atoms. The minimum absolute atomic E-state index is 0.0351. The number of benzene rings is 1. The minimum Gasteiger partial charge on any atom is -0.508 e. The first-order valence-electron chi connectivity index (χ1n) is 6.35. The summed E-state index contributed by atoms with van der Waals surface area (Å²) in [5.41, 5.74) is 0.746. The number of phenols is 1. The summed E-state index contributed by atoms with van der Waals surface area (Å²) in [5.74, 6) is 0.118. The molecule has 0 fully saturated rings. The molecule has 0 radical (unpaired) electrons. The third-order valence-electron chi connectivity index (χ3n) is 2.36. The van der Waals surface area contributed by atoms with E-state index in [4.69, 9.17) is 4.74 Å². The van der Waals surface area contributed by atoms with E-state index in [-0.39, 0.29) is 5.75 Å². The van der Waals surface area contributed by atoms with E-state index < -0.39 is 5.82 Å². The average molecular weight is 255 g/mol. The normalized spacial score (nSPS) is 11.1. The molecule has 1 rings (SSSR count). The minimum atomic E-state index is -0.410. The van der Waals surface area contributed by atoms with Crippen molar-refractivity contribution in [1.82, 2.24) is 5.32 Å². The van der Waals surface area contributed by atoms with Crippen LogP contribution in [0.2, 0.25) is 0 Å². The van der Waals surface area contributed by atoms with Crippen LogP contribution in [-0.4, -0.2) is 24.9 Å². The number of ether oxygens (including phenoxy) is 1. The highest BCUT2D eigenvalue weighted by Crippen LogP contribution is 2.14. The summed E-state index contributed by atoms with van der Waals surface area (Å²) in [4.78, 5) is 0. The Kier molecular flexibility index (Phi) is 6.68. The molecule has 102 valence electrons. The molecule has 4 heteroatoms. The van der Waals surface area contributed by atoms with Crippen LogP contribution < -0.4 is 5.32 Å². The van der Waals surface area contributed by atoms with Crippen LogP contribution in [0.3, 0.4) is 0 Å². The lowest BCUT2D eigenvalue weighted by Crippen LogP contribution is -2.17. The molecule has 0 unspecified atom stereocenters. The van der Waals surface area contributed by atoms with Crippen molar-refractivity contribution in [3.05, 3.63) is 29.6 Å². The maximum atomic E-state index is 13.0. The second-order valence-corrected chi connectivity index (χ2v) is 4.82. The molecule has 18 heavy (non-hydrogen) atoms. The summed E-state index contributed by atoms with van der Waals surface area (Å²) < 4.78 is 18.4. The first-order chi connectivity index (χ1) is 8.58. The zero-order chi connectivity index (χ0) is 13.4. The molecule has 1 aromatic carbocycles.